The van der Waals surface area contributed by atoms with Crippen LogP contribution in [0.25, 0.3) is 0 Å². The van der Waals surface area contributed by atoms with Crippen molar-refractivity contribution in [3.05, 3.63) is 58.9 Å². The molecule has 0 N–H and O–H groups in total. The lowest BCUT2D eigenvalue weighted by Crippen LogP contribution is -2.62. The minimum atomic E-state index is -0.119. The van der Waals surface area contributed by atoms with Crippen molar-refractivity contribution in [1.29, 1.82) is 0 Å². The van der Waals surface area contributed by atoms with Crippen LogP contribution in [0.1, 0.15) is 70.0 Å². The van der Waals surface area contributed by atoms with Gasteiger partial charge in [0.15, 0.2) is 0 Å². The van der Waals surface area contributed by atoms with Crippen molar-refractivity contribution in [2.24, 2.45) is 5.41 Å². The molecule has 24 heavy (non-hydrogen) atoms. The highest BCUT2D eigenvalue weighted by molar-refractivity contribution is 5.71. The van der Waals surface area contributed by atoms with E-state index >= 15 is 0 Å². The van der Waals surface area contributed by atoms with Crippen LogP contribution in [0.5, 0.6) is 0 Å². The summed E-state index contributed by atoms with van der Waals surface area (Å²) in [4.78, 5) is 7.54. The number of aryl methyl sites for hydroxylation is 1. The Morgan fingerprint density at radius 3 is 2.42 bits per heavy atom. The fraction of sp³-hybridized carbons (Fsp3) is 0.500. The standard InChI is InChI=1S/C22H28N2/c1-14-10-8-12-17-18(14)24-15(2)16-11-9-13-23-19(16)22(24,7)21(5,6)20(17,3)4/h8-13,15H,1-7H3. The third kappa shape index (κ3) is 1.46. The first kappa shape index (κ1) is 15.7. The van der Waals surface area contributed by atoms with E-state index < -0.39 is 0 Å². The fourth-order valence-corrected chi connectivity index (χ4v) is 5.24. The van der Waals surface area contributed by atoms with Crippen LogP contribution < -0.4 is 4.90 Å². The van der Waals surface area contributed by atoms with Crippen LogP contribution in [0.3, 0.4) is 0 Å². The summed E-state index contributed by atoms with van der Waals surface area (Å²) in [7, 11) is 0. The first-order valence-electron chi connectivity index (χ1n) is 9.00. The maximum atomic E-state index is 4.89. The number of benzene rings is 1. The molecular weight excluding hydrogens is 292 g/mol. The molecule has 3 heterocycles. The monoisotopic (exact) mass is 320 g/mol. The number of pyridine rings is 1. The molecular formula is C22H28N2. The maximum Gasteiger partial charge on any atom is 0.0864 e. The quantitative estimate of drug-likeness (QED) is 0.637. The average molecular weight is 320 g/mol. The molecule has 2 heteroatoms. The van der Waals surface area contributed by atoms with E-state index in [1.807, 2.05) is 6.20 Å². The molecule has 2 nitrogen and oxygen atoms in total. The van der Waals surface area contributed by atoms with Gasteiger partial charge >= 0.3 is 0 Å². The minimum Gasteiger partial charge on any atom is -0.353 e. The molecule has 126 valence electrons. The summed E-state index contributed by atoms with van der Waals surface area (Å²) in [5.41, 5.74) is 6.84. The average Bonchev–Trinajstić information content (AvgIpc) is 2.77. The normalized spacial score (nSPS) is 29.0. The second-order valence-corrected chi connectivity index (χ2v) is 8.78. The molecule has 1 aromatic heterocycles. The summed E-state index contributed by atoms with van der Waals surface area (Å²) in [6.07, 6.45) is 1.96. The smallest absolute Gasteiger partial charge is 0.0864 e. The Morgan fingerprint density at radius 2 is 1.71 bits per heavy atom. The number of para-hydroxylation sites is 1. The number of nitrogens with zero attached hydrogens (tertiary/aromatic N) is 2. The Morgan fingerprint density at radius 1 is 1.00 bits per heavy atom. The zero-order valence-electron chi connectivity index (χ0n) is 15.9. The molecule has 2 aliphatic heterocycles. The molecule has 4 rings (SSSR count). The van der Waals surface area contributed by atoms with E-state index in [1.165, 1.54) is 28.1 Å². The maximum absolute atomic E-state index is 4.89. The van der Waals surface area contributed by atoms with Crippen LogP contribution in [0.4, 0.5) is 5.69 Å². The second kappa shape index (κ2) is 4.41. The molecule has 0 amide bonds. The van der Waals surface area contributed by atoms with E-state index in [0.717, 1.165) is 0 Å². The van der Waals surface area contributed by atoms with Gasteiger partial charge in [-0.15, -0.1) is 0 Å². The van der Waals surface area contributed by atoms with E-state index in [1.54, 1.807) is 0 Å². The number of rotatable bonds is 0. The largest absolute Gasteiger partial charge is 0.353 e. The minimum absolute atomic E-state index is 0.0364. The van der Waals surface area contributed by atoms with Gasteiger partial charge in [0.05, 0.1) is 17.3 Å². The highest BCUT2D eigenvalue weighted by Gasteiger charge is 2.64. The van der Waals surface area contributed by atoms with Crippen molar-refractivity contribution in [2.45, 2.75) is 65.5 Å². The number of anilines is 1. The first-order valence-corrected chi connectivity index (χ1v) is 9.00. The van der Waals surface area contributed by atoms with Gasteiger partial charge in [0.1, 0.15) is 0 Å². The van der Waals surface area contributed by atoms with Gasteiger partial charge in [0.25, 0.3) is 0 Å². The van der Waals surface area contributed by atoms with Crippen molar-refractivity contribution in [2.75, 3.05) is 4.90 Å². The Hall–Kier alpha value is -1.83. The second-order valence-electron chi connectivity index (χ2n) is 8.78. The Bertz CT molecular complexity index is 834. The summed E-state index contributed by atoms with van der Waals surface area (Å²) in [5, 5.41) is 0. The van der Waals surface area contributed by atoms with Crippen LogP contribution in [-0.2, 0) is 11.0 Å². The van der Waals surface area contributed by atoms with E-state index in [0.29, 0.717) is 6.04 Å². The Labute approximate surface area is 145 Å². The van der Waals surface area contributed by atoms with Crippen molar-refractivity contribution in [1.82, 2.24) is 4.98 Å². The van der Waals surface area contributed by atoms with Gasteiger partial charge in [-0.05, 0) is 48.9 Å². The summed E-state index contributed by atoms with van der Waals surface area (Å²) in [6.45, 7) is 16.6. The van der Waals surface area contributed by atoms with Crippen molar-refractivity contribution in [3.63, 3.8) is 0 Å². The van der Waals surface area contributed by atoms with Crippen molar-refractivity contribution < 1.29 is 0 Å². The van der Waals surface area contributed by atoms with Gasteiger partial charge in [-0.2, -0.15) is 0 Å². The van der Waals surface area contributed by atoms with Crippen LogP contribution in [0.2, 0.25) is 0 Å². The lowest BCUT2D eigenvalue weighted by atomic mass is 9.52. The van der Waals surface area contributed by atoms with Crippen molar-refractivity contribution in [3.8, 4) is 0 Å². The van der Waals surface area contributed by atoms with E-state index in [-0.39, 0.29) is 16.4 Å². The van der Waals surface area contributed by atoms with E-state index in [9.17, 15) is 0 Å². The summed E-state index contributed by atoms with van der Waals surface area (Å²) in [6, 6.07) is 11.5. The van der Waals surface area contributed by atoms with Crippen LogP contribution in [0, 0.1) is 12.3 Å². The molecule has 0 bridgehead atoms. The molecule has 1 aromatic carbocycles. The van der Waals surface area contributed by atoms with Crippen molar-refractivity contribution >= 4 is 5.69 Å². The number of fused-ring (bicyclic) bond motifs is 5. The zero-order chi connectivity index (χ0) is 17.5. The Balaban J connectivity index is 2.15. The molecule has 2 aromatic rings. The molecule has 2 aliphatic rings. The molecule has 0 aliphatic carbocycles. The predicted octanol–water partition coefficient (Wildman–Crippen LogP) is 5.50. The van der Waals surface area contributed by atoms with Crippen LogP contribution in [-0.4, -0.2) is 4.98 Å². The molecule has 0 fully saturated rings. The van der Waals surface area contributed by atoms with Gasteiger partial charge in [-0.1, -0.05) is 52.0 Å². The number of hydrogen-bond acceptors (Lipinski definition) is 2. The Kier molecular flexibility index (Phi) is 2.88. The lowest BCUT2D eigenvalue weighted by molar-refractivity contribution is 0.0626. The zero-order valence-corrected chi connectivity index (χ0v) is 15.9. The topological polar surface area (TPSA) is 16.1 Å². The van der Waals surface area contributed by atoms with Gasteiger partial charge in [0, 0.05) is 17.3 Å². The SMILES string of the molecule is Cc1cccc2c1N1C(C)c3cccnc3C1(C)C(C)(C)C2(C)C. The molecule has 0 radical (unpaired) electrons. The lowest BCUT2D eigenvalue weighted by Gasteiger charge is -2.62. The summed E-state index contributed by atoms with van der Waals surface area (Å²) >= 11 is 0. The third-order valence-corrected chi connectivity index (χ3v) is 7.55. The highest BCUT2D eigenvalue weighted by atomic mass is 15.3. The highest BCUT2D eigenvalue weighted by Crippen LogP contribution is 2.66. The van der Waals surface area contributed by atoms with Gasteiger partial charge < -0.3 is 4.90 Å². The van der Waals surface area contributed by atoms with E-state index in [4.69, 9.17) is 4.98 Å². The van der Waals surface area contributed by atoms with Crippen LogP contribution in [0.15, 0.2) is 36.5 Å². The van der Waals surface area contributed by atoms with E-state index in [2.05, 4.69) is 83.7 Å². The van der Waals surface area contributed by atoms with Crippen LogP contribution >= 0.6 is 0 Å². The predicted molar refractivity (Wildman–Crippen MR) is 100 cm³/mol. The molecule has 2 unspecified atom stereocenters. The number of aromatic nitrogens is 1. The molecule has 0 saturated heterocycles. The third-order valence-electron chi connectivity index (χ3n) is 7.55. The summed E-state index contributed by atoms with van der Waals surface area (Å²) in [5.74, 6) is 0. The molecule has 2 atom stereocenters. The molecule has 0 spiro atoms. The summed E-state index contributed by atoms with van der Waals surface area (Å²) < 4.78 is 0. The van der Waals surface area contributed by atoms with Gasteiger partial charge in [-0.25, -0.2) is 0 Å². The number of hydrogen-bond donors (Lipinski definition) is 0. The first-order chi connectivity index (χ1) is 11.2. The fourth-order valence-electron chi connectivity index (χ4n) is 5.24. The van der Waals surface area contributed by atoms with Gasteiger partial charge in [-0.3, -0.25) is 4.98 Å². The van der Waals surface area contributed by atoms with Gasteiger partial charge in [0.2, 0.25) is 0 Å². The molecule has 0 saturated carbocycles.